The van der Waals surface area contributed by atoms with Gasteiger partial charge in [-0.25, -0.2) is 0 Å². The predicted octanol–water partition coefficient (Wildman–Crippen LogP) is 5.78. The average molecular weight is 257 g/mol. The van der Waals surface area contributed by atoms with E-state index >= 15 is 0 Å². The molecule has 0 saturated heterocycles. The van der Waals surface area contributed by atoms with Gasteiger partial charge in [0.05, 0.1) is 8.07 Å². The molecule has 1 atom stereocenters. The first kappa shape index (κ1) is 16.2. The molecule has 0 saturated carbocycles. The molecule has 0 heterocycles. The van der Waals surface area contributed by atoms with Gasteiger partial charge in [0.25, 0.3) is 0 Å². The van der Waals surface area contributed by atoms with Gasteiger partial charge in [0.2, 0.25) is 0 Å². The maximum absolute atomic E-state index is 2.57. The Kier molecular flexibility index (Phi) is 5.27. The standard InChI is InChI=1S/C14H32Si2/c1-10-11-13(12-15(5,6)7)16(8,9)14(2,3)4/h10-11,13H,12H2,1-9H3/b11-10+. The number of hydrogen-bond acceptors (Lipinski definition) is 0. The van der Waals surface area contributed by atoms with Crippen molar-refractivity contribution in [1.29, 1.82) is 0 Å². The largest absolute Gasteiger partial charge is 0.0917 e. The van der Waals surface area contributed by atoms with E-state index in [0.717, 1.165) is 5.54 Å². The zero-order valence-corrected chi connectivity index (χ0v) is 14.9. The monoisotopic (exact) mass is 256 g/mol. The molecule has 1 unspecified atom stereocenters. The van der Waals surface area contributed by atoms with Crippen molar-refractivity contribution >= 4 is 16.1 Å². The molecule has 0 aliphatic carbocycles. The van der Waals surface area contributed by atoms with Gasteiger partial charge in [-0.3, -0.25) is 0 Å². The average Bonchev–Trinajstić information content (AvgIpc) is 1.98. The van der Waals surface area contributed by atoms with Gasteiger partial charge < -0.3 is 0 Å². The molecule has 16 heavy (non-hydrogen) atoms. The van der Waals surface area contributed by atoms with Crippen LogP contribution >= 0.6 is 0 Å². The smallest absolute Gasteiger partial charge is 0.0593 e. The highest BCUT2D eigenvalue weighted by Gasteiger charge is 2.42. The van der Waals surface area contributed by atoms with Crippen molar-refractivity contribution in [2.24, 2.45) is 0 Å². The van der Waals surface area contributed by atoms with Crippen LogP contribution in [0.25, 0.3) is 0 Å². The Labute approximate surface area is 106 Å². The van der Waals surface area contributed by atoms with E-state index in [1.54, 1.807) is 0 Å². The van der Waals surface area contributed by atoms with Crippen LogP contribution in [-0.4, -0.2) is 16.1 Å². The van der Waals surface area contributed by atoms with Crippen LogP contribution in [0.3, 0.4) is 0 Å². The molecule has 0 aromatic heterocycles. The molecular weight excluding hydrogens is 224 g/mol. The number of hydrogen-bond donors (Lipinski definition) is 0. The molecule has 0 aliphatic heterocycles. The molecular formula is C14H32Si2. The lowest BCUT2D eigenvalue weighted by Crippen LogP contribution is -2.43. The van der Waals surface area contributed by atoms with Crippen LogP contribution in [0.4, 0.5) is 0 Å². The SMILES string of the molecule is C/C=C/C(C[Si](C)(C)C)[Si](C)(C)C(C)(C)C. The molecule has 96 valence electrons. The second kappa shape index (κ2) is 5.22. The summed E-state index contributed by atoms with van der Waals surface area (Å²) in [6, 6.07) is 1.45. The van der Waals surface area contributed by atoms with Crippen molar-refractivity contribution in [2.75, 3.05) is 0 Å². The van der Waals surface area contributed by atoms with Gasteiger partial charge >= 0.3 is 0 Å². The fraction of sp³-hybridized carbons (Fsp3) is 0.857. The van der Waals surface area contributed by atoms with Gasteiger partial charge in [-0.05, 0) is 17.5 Å². The number of allylic oxidation sites excluding steroid dienone is 2. The van der Waals surface area contributed by atoms with E-state index in [1.807, 2.05) is 0 Å². The van der Waals surface area contributed by atoms with Gasteiger partial charge in [-0.15, -0.1) is 0 Å². The van der Waals surface area contributed by atoms with Gasteiger partial charge in [0.15, 0.2) is 0 Å². The summed E-state index contributed by atoms with van der Waals surface area (Å²) in [4.78, 5) is 0. The second-order valence-corrected chi connectivity index (χ2v) is 19.1. The summed E-state index contributed by atoms with van der Waals surface area (Å²) in [6.07, 6.45) is 4.76. The second-order valence-electron chi connectivity index (χ2n) is 7.87. The van der Waals surface area contributed by atoms with Crippen LogP contribution in [0.15, 0.2) is 12.2 Å². The van der Waals surface area contributed by atoms with E-state index in [1.165, 1.54) is 6.04 Å². The molecule has 0 aromatic carbocycles. The lowest BCUT2D eigenvalue weighted by molar-refractivity contribution is 0.703. The highest BCUT2D eigenvalue weighted by atomic mass is 28.3. The molecule has 0 fully saturated rings. The van der Waals surface area contributed by atoms with Gasteiger partial charge in [0, 0.05) is 8.07 Å². The third-order valence-corrected chi connectivity index (χ3v) is 12.3. The molecule has 0 radical (unpaired) electrons. The number of rotatable bonds is 4. The van der Waals surface area contributed by atoms with E-state index in [4.69, 9.17) is 0 Å². The minimum atomic E-state index is -1.22. The van der Waals surface area contributed by atoms with Crippen molar-refractivity contribution in [1.82, 2.24) is 0 Å². The van der Waals surface area contributed by atoms with E-state index in [9.17, 15) is 0 Å². The Morgan fingerprint density at radius 1 is 1.00 bits per heavy atom. The van der Waals surface area contributed by atoms with Crippen LogP contribution in [0, 0.1) is 0 Å². The van der Waals surface area contributed by atoms with E-state index in [0.29, 0.717) is 5.04 Å². The molecule has 0 spiro atoms. The van der Waals surface area contributed by atoms with E-state index in [2.05, 4.69) is 72.6 Å². The quantitative estimate of drug-likeness (QED) is 0.442. The zero-order chi connectivity index (χ0) is 13.2. The van der Waals surface area contributed by atoms with Crippen molar-refractivity contribution < 1.29 is 0 Å². The summed E-state index contributed by atoms with van der Waals surface area (Å²) >= 11 is 0. The topological polar surface area (TPSA) is 0 Å². The molecule has 2 heteroatoms. The van der Waals surface area contributed by atoms with Crippen LogP contribution in [0.1, 0.15) is 27.7 Å². The van der Waals surface area contributed by atoms with Crippen molar-refractivity contribution in [2.45, 2.75) is 77.1 Å². The maximum Gasteiger partial charge on any atom is 0.0593 e. The molecule has 0 rings (SSSR count). The summed E-state index contributed by atoms with van der Waals surface area (Å²) in [6.45, 7) is 22.1. The fourth-order valence-electron chi connectivity index (χ4n) is 2.01. The van der Waals surface area contributed by atoms with Crippen LogP contribution in [-0.2, 0) is 0 Å². The Morgan fingerprint density at radius 2 is 1.44 bits per heavy atom. The summed E-state index contributed by atoms with van der Waals surface area (Å²) in [5.74, 6) is 0. The first-order chi connectivity index (χ1) is 6.92. The summed E-state index contributed by atoms with van der Waals surface area (Å²) in [5.41, 5.74) is 0.851. The van der Waals surface area contributed by atoms with E-state index in [-0.39, 0.29) is 0 Å². The molecule has 0 amide bonds. The highest BCUT2D eigenvalue weighted by molar-refractivity contribution is 6.85. The zero-order valence-electron chi connectivity index (χ0n) is 12.9. The third kappa shape index (κ3) is 4.58. The van der Waals surface area contributed by atoms with Crippen molar-refractivity contribution in [3.8, 4) is 0 Å². The fourth-order valence-corrected chi connectivity index (χ4v) is 9.13. The highest BCUT2D eigenvalue weighted by Crippen LogP contribution is 2.47. The van der Waals surface area contributed by atoms with Gasteiger partial charge in [-0.1, -0.05) is 71.7 Å². The lowest BCUT2D eigenvalue weighted by Gasteiger charge is -2.44. The van der Waals surface area contributed by atoms with Crippen LogP contribution < -0.4 is 0 Å². The Hall–Kier alpha value is 0.174. The predicted molar refractivity (Wildman–Crippen MR) is 83.9 cm³/mol. The molecule has 0 N–H and O–H groups in total. The molecule has 0 nitrogen and oxygen atoms in total. The van der Waals surface area contributed by atoms with Crippen molar-refractivity contribution in [3.05, 3.63) is 12.2 Å². The molecule has 0 aliphatic rings. The first-order valence-electron chi connectivity index (χ1n) is 6.54. The summed E-state index contributed by atoms with van der Waals surface area (Å²) < 4.78 is 0. The summed E-state index contributed by atoms with van der Waals surface area (Å²) in [7, 11) is -2.18. The summed E-state index contributed by atoms with van der Waals surface area (Å²) in [5, 5.41) is 0.497. The van der Waals surface area contributed by atoms with E-state index < -0.39 is 16.1 Å². The Balaban J connectivity index is 5.07. The molecule has 0 aromatic rings. The Bertz CT molecular complexity index is 238. The maximum atomic E-state index is 2.57. The Morgan fingerprint density at radius 3 is 1.69 bits per heavy atom. The van der Waals surface area contributed by atoms with Crippen molar-refractivity contribution in [3.63, 3.8) is 0 Å². The van der Waals surface area contributed by atoms with Gasteiger partial charge in [-0.2, -0.15) is 0 Å². The molecule has 0 bridgehead atoms. The van der Waals surface area contributed by atoms with Crippen LogP contribution in [0.5, 0.6) is 0 Å². The van der Waals surface area contributed by atoms with Gasteiger partial charge in [0.1, 0.15) is 0 Å². The first-order valence-corrected chi connectivity index (χ1v) is 13.3. The minimum Gasteiger partial charge on any atom is -0.0917 e. The van der Waals surface area contributed by atoms with Crippen LogP contribution in [0.2, 0.25) is 49.4 Å². The lowest BCUT2D eigenvalue weighted by atomic mass is 10.2. The normalized spacial score (nSPS) is 16.8. The minimum absolute atomic E-state index is 0.497. The third-order valence-electron chi connectivity index (χ3n) is 4.12.